The SMILES string of the molecule is COc1cc2ncnc(N)c2cc1NC(=O)C1CCCN1C(=O)C(NC(=O)C(C)N(C)C(=O)OC(C)(C)C)C(C)(C)C. The van der Waals surface area contributed by atoms with Crippen LogP contribution in [0.2, 0.25) is 0 Å². The highest BCUT2D eigenvalue weighted by molar-refractivity contribution is 6.02. The van der Waals surface area contributed by atoms with Crippen molar-refractivity contribution in [3.8, 4) is 5.75 Å². The maximum Gasteiger partial charge on any atom is 0.410 e. The summed E-state index contributed by atoms with van der Waals surface area (Å²) in [6, 6.07) is 0.655. The van der Waals surface area contributed by atoms with Crippen LogP contribution < -0.4 is 21.1 Å². The summed E-state index contributed by atoms with van der Waals surface area (Å²) in [6.07, 6.45) is 1.75. The fourth-order valence-corrected chi connectivity index (χ4v) is 4.63. The summed E-state index contributed by atoms with van der Waals surface area (Å²) in [5, 5.41) is 6.25. The van der Waals surface area contributed by atoms with Gasteiger partial charge in [0.1, 0.15) is 41.6 Å². The third-order valence-electron chi connectivity index (χ3n) is 7.13. The van der Waals surface area contributed by atoms with Crippen LogP contribution in [-0.4, -0.2) is 88.0 Å². The van der Waals surface area contributed by atoms with Gasteiger partial charge in [0.25, 0.3) is 0 Å². The van der Waals surface area contributed by atoms with Crippen LogP contribution in [0, 0.1) is 5.41 Å². The smallest absolute Gasteiger partial charge is 0.410 e. The molecule has 1 fully saturated rings. The summed E-state index contributed by atoms with van der Waals surface area (Å²) in [4.78, 5) is 64.1. The molecule has 1 aliphatic rings. The van der Waals surface area contributed by atoms with Gasteiger partial charge in [-0.25, -0.2) is 14.8 Å². The highest BCUT2D eigenvalue weighted by atomic mass is 16.6. The molecule has 13 heteroatoms. The van der Waals surface area contributed by atoms with Crippen molar-refractivity contribution in [1.29, 1.82) is 0 Å². The van der Waals surface area contributed by atoms with E-state index in [4.69, 9.17) is 15.2 Å². The highest BCUT2D eigenvalue weighted by Gasteiger charge is 2.43. The van der Waals surface area contributed by atoms with E-state index in [-0.39, 0.29) is 11.7 Å². The molecule has 2 heterocycles. The molecule has 3 rings (SSSR count). The number of rotatable bonds is 7. The van der Waals surface area contributed by atoms with E-state index >= 15 is 0 Å². The summed E-state index contributed by atoms with van der Waals surface area (Å²) in [5.41, 5.74) is 5.52. The average Bonchev–Trinajstić information content (AvgIpc) is 3.39. The van der Waals surface area contributed by atoms with Crippen LogP contribution in [0.5, 0.6) is 5.75 Å². The van der Waals surface area contributed by atoms with Gasteiger partial charge in [-0.1, -0.05) is 20.8 Å². The normalized spacial score (nSPS) is 16.9. The molecule has 3 atom stereocenters. The predicted octanol–water partition coefficient (Wildman–Crippen LogP) is 2.94. The molecule has 2 aromatic rings. The van der Waals surface area contributed by atoms with Crippen LogP contribution in [0.25, 0.3) is 10.9 Å². The van der Waals surface area contributed by atoms with Gasteiger partial charge >= 0.3 is 6.09 Å². The quantitative estimate of drug-likeness (QED) is 0.442. The molecule has 0 radical (unpaired) electrons. The fraction of sp³-hybridized carbons (Fsp3) is 0.586. The van der Waals surface area contributed by atoms with E-state index in [1.54, 1.807) is 39.8 Å². The molecule has 0 bridgehead atoms. The number of fused-ring (bicyclic) bond motifs is 1. The second-order valence-corrected chi connectivity index (χ2v) is 12.6. The van der Waals surface area contributed by atoms with Gasteiger partial charge < -0.3 is 30.7 Å². The lowest BCUT2D eigenvalue weighted by Crippen LogP contribution is -2.59. The number of hydrogen-bond donors (Lipinski definition) is 3. The number of hydrogen-bond acceptors (Lipinski definition) is 9. The number of carbonyl (C=O) groups is 4. The number of methoxy groups -OCH3 is 1. The lowest BCUT2D eigenvalue weighted by molar-refractivity contribution is -0.143. The van der Waals surface area contributed by atoms with Gasteiger partial charge in [-0.15, -0.1) is 0 Å². The van der Waals surface area contributed by atoms with Crippen molar-refractivity contribution in [2.45, 2.75) is 85.0 Å². The third kappa shape index (κ3) is 7.37. The minimum absolute atomic E-state index is 0.256. The lowest BCUT2D eigenvalue weighted by Gasteiger charge is -2.36. The van der Waals surface area contributed by atoms with E-state index in [1.807, 2.05) is 20.8 Å². The Hall–Kier alpha value is -4.16. The van der Waals surface area contributed by atoms with Crippen molar-refractivity contribution in [1.82, 2.24) is 25.1 Å². The molecule has 13 nitrogen and oxygen atoms in total. The number of likely N-dealkylation sites (tertiary alicyclic amines) is 1. The van der Waals surface area contributed by atoms with Crippen molar-refractivity contribution in [3.63, 3.8) is 0 Å². The summed E-state index contributed by atoms with van der Waals surface area (Å²) in [5.74, 6) is -0.661. The molecule has 4 amide bonds. The summed E-state index contributed by atoms with van der Waals surface area (Å²) in [6.45, 7) is 12.6. The zero-order valence-electron chi connectivity index (χ0n) is 25.9. The molecule has 42 heavy (non-hydrogen) atoms. The number of likely N-dealkylation sites (N-methyl/N-ethyl adjacent to an activating group) is 1. The topological polar surface area (TPSA) is 169 Å². The molecule has 0 aliphatic carbocycles. The van der Waals surface area contributed by atoms with Crippen molar-refractivity contribution >= 4 is 46.2 Å². The van der Waals surface area contributed by atoms with Crippen molar-refractivity contribution in [3.05, 3.63) is 18.5 Å². The van der Waals surface area contributed by atoms with Crippen molar-refractivity contribution in [2.24, 2.45) is 5.41 Å². The number of anilines is 2. The molecule has 0 spiro atoms. The summed E-state index contributed by atoms with van der Waals surface area (Å²) < 4.78 is 10.8. The molecule has 1 aromatic carbocycles. The van der Waals surface area contributed by atoms with Crippen LogP contribution >= 0.6 is 0 Å². The van der Waals surface area contributed by atoms with Crippen LogP contribution in [0.4, 0.5) is 16.3 Å². The van der Waals surface area contributed by atoms with Crippen LogP contribution in [0.3, 0.4) is 0 Å². The number of benzene rings is 1. The van der Waals surface area contributed by atoms with Gasteiger partial charge in [-0.3, -0.25) is 19.3 Å². The second kappa shape index (κ2) is 12.4. The Kier molecular flexibility index (Phi) is 9.53. The zero-order valence-corrected chi connectivity index (χ0v) is 25.9. The Morgan fingerprint density at radius 3 is 2.38 bits per heavy atom. The van der Waals surface area contributed by atoms with Crippen LogP contribution in [0.15, 0.2) is 18.5 Å². The number of nitrogens with two attached hydrogens (primary N) is 1. The molecular formula is C29H43N7O6. The fourth-order valence-electron chi connectivity index (χ4n) is 4.63. The Morgan fingerprint density at radius 1 is 1.12 bits per heavy atom. The Bertz CT molecular complexity index is 1350. The van der Waals surface area contributed by atoms with Crippen LogP contribution in [-0.2, 0) is 19.1 Å². The van der Waals surface area contributed by atoms with Gasteiger partial charge in [0, 0.05) is 25.0 Å². The van der Waals surface area contributed by atoms with Gasteiger partial charge in [-0.05, 0) is 52.0 Å². The standard InChI is InChI=1S/C29H43N7O6/c1-16(35(8)27(40)42-29(5,6)7)24(37)34-22(28(2,3)4)26(39)36-12-10-11-20(36)25(38)33-19-13-17-18(14-21(19)41-9)31-15-32-23(17)30/h13-16,20,22H,10-12H2,1-9H3,(H,33,38)(H,34,37)(H2,30,31,32). The largest absolute Gasteiger partial charge is 0.494 e. The first-order chi connectivity index (χ1) is 19.4. The van der Waals surface area contributed by atoms with Crippen LogP contribution in [0.1, 0.15) is 61.3 Å². The van der Waals surface area contributed by atoms with E-state index in [0.717, 1.165) is 0 Å². The van der Waals surface area contributed by atoms with Gasteiger partial charge in [0.15, 0.2) is 0 Å². The van der Waals surface area contributed by atoms with Gasteiger partial charge in [-0.2, -0.15) is 0 Å². The monoisotopic (exact) mass is 585 g/mol. The lowest BCUT2D eigenvalue weighted by atomic mass is 9.85. The van der Waals surface area contributed by atoms with E-state index in [0.29, 0.717) is 41.7 Å². The number of nitrogen functional groups attached to an aromatic ring is 1. The molecule has 4 N–H and O–H groups in total. The van der Waals surface area contributed by atoms with E-state index < -0.39 is 47.0 Å². The average molecular weight is 586 g/mol. The number of carbonyl (C=O) groups excluding carboxylic acids is 4. The highest BCUT2D eigenvalue weighted by Crippen LogP contribution is 2.32. The summed E-state index contributed by atoms with van der Waals surface area (Å²) >= 11 is 0. The Balaban J connectivity index is 1.80. The first kappa shape index (κ1) is 32.4. The van der Waals surface area contributed by atoms with Crippen molar-refractivity contribution < 1.29 is 28.7 Å². The number of nitrogens with zero attached hydrogens (tertiary/aromatic N) is 4. The first-order valence-electron chi connectivity index (χ1n) is 13.9. The van der Waals surface area contributed by atoms with Gasteiger partial charge in [0.2, 0.25) is 17.7 Å². The number of aromatic nitrogens is 2. The van der Waals surface area contributed by atoms with Gasteiger partial charge in [0.05, 0.1) is 18.3 Å². The maximum absolute atomic E-state index is 13.9. The number of amides is 4. The maximum atomic E-state index is 13.9. The first-order valence-corrected chi connectivity index (χ1v) is 13.9. The Morgan fingerprint density at radius 2 is 1.79 bits per heavy atom. The number of nitrogens with one attached hydrogen (secondary N) is 2. The minimum atomic E-state index is -0.958. The molecule has 230 valence electrons. The van der Waals surface area contributed by atoms with E-state index in [1.165, 1.54) is 30.3 Å². The summed E-state index contributed by atoms with van der Waals surface area (Å²) in [7, 11) is 2.94. The number of ether oxygens (including phenoxy) is 2. The Labute approximate surface area is 246 Å². The zero-order chi connectivity index (χ0) is 31.6. The molecule has 1 aliphatic heterocycles. The van der Waals surface area contributed by atoms with E-state index in [9.17, 15) is 19.2 Å². The van der Waals surface area contributed by atoms with Crippen molar-refractivity contribution in [2.75, 3.05) is 31.8 Å². The molecule has 0 saturated carbocycles. The van der Waals surface area contributed by atoms with E-state index in [2.05, 4.69) is 20.6 Å². The molecular weight excluding hydrogens is 542 g/mol. The predicted molar refractivity (Wildman–Crippen MR) is 159 cm³/mol. The molecule has 1 saturated heterocycles. The second-order valence-electron chi connectivity index (χ2n) is 12.6. The molecule has 3 unspecified atom stereocenters. The molecule has 1 aromatic heterocycles. The third-order valence-corrected chi connectivity index (χ3v) is 7.13. The minimum Gasteiger partial charge on any atom is -0.494 e.